The highest BCUT2D eigenvalue weighted by atomic mass is 15.0. The number of benzene rings is 1. The summed E-state index contributed by atoms with van der Waals surface area (Å²) in [6, 6.07) is 14.5. The van der Waals surface area contributed by atoms with Crippen LogP contribution in [0.1, 0.15) is 37.7 Å². The van der Waals surface area contributed by atoms with Gasteiger partial charge in [0.05, 0.1) is 0 Å². The fraction of sp³-hybridized carbons (Fsp3) is 0.333. The highest BCUT2D eigenvalue weighted by Crippen LogP contribution is 2.34. The molecule has 0 amide bonds. The Labute approximate surface area is 115 Å². The Morgan fingerprint density at radius 1 is 0.842 bits per heavy atom. The molecule has 2 aromatic rings. The Morgan fingerprint density at radius 3 is 2.21 bits per heavy atom. The summed E-state index contributed by atoms with van der Waals surface area (Å²) in [5.41, 5.74) is 1.12. The molecule has 3 rings (SSSR count). The lowest BCUT2D eigenvalue weighted by Gasteiger charge is -2.34. The molecule has 19 heavy (non-hydrogen) atoms. The van der Waals surface area contributed by atoms with E-state index in [9.17, 15) is 0 Å². The molecule has 0 N–H and O–H groups in total. The molecule has 96 valence electrons. The normalized spacial score (nSPS) is 17.5. The Kier molecular flexibility index (Phi) is 3.42. The van der Waals surface area contributed by atoms with E-state index in [1.54, 1.807) is 0 Å². The number of nitrogens with zero attached hydrogens (tertiary/aromatic N) is 1. The van der Waals surface area contributed by atoms with Crippen LogP contribution in [-0.4, -0.2) is 4.57 Å². The van der Waals surface area contributed by atoms with Gasteiger partial charge in [0.25, 0.3) is 0 Å². The van der Waals surface area contributed by atoms with Gasteiger partial charge < -0.3 is 4.57 Å². The maximum absolute atomic E-state index is 3.57. The van der Waals surface area contributed by atoms with Crippen LogP contribution in [0.15, 0.2) is 54.9 Å². The van der Waals surface area contributed by atoms with E-state index < -0.39 is 0 Å². The van der Waals surface area contributed by atoms with Crippen LogP contribution in [0.25, 0.3) is 0 Å². The molecule has 0 bridgehead atoms. The fourth-order valence-electron chi connectivity index (χ4n) is 2.91. The summed E-state index contributed by atoms with van der Waals surface area (Å²) in [4.78, 5) is 0. The summed E-state index contributed by atoms with van der Waals surface area (Å²) in [6.07, 6.45) is 10.6. The van der Waals surface area contributed by atoms with E-state index in [0.29, 0.717) is 0 Å². The van der Waals surface area contributed by atoms with Gasteiger partial charge in [0.1, 0.15) is 5.54 Å². The summed E-state index contributed by atoms with van der Waals surface area (Å²) in [6.45, 7) is 0. The van der Waals surface area contributed by atoms with Crippen LogP contribution in [-0.2, 0) is 5.54 Å². The minimum absolute atomic E-state index is 0.0115. The van der Waals surface area contributed by atoms with Gasteiger partial charge >= 0.3 is 0 Å². The maximum atomic E-state index is 3.57. The van der Waals surface area contributed by atoms with Gasteiger partial charge in [-0.2, -0.15) is 0 Å². The zero-order chi connectivity index (χ0) is 13.0. The van der Waals surface area contributed by atoms with Crippen molar-refractivity contribution in [2.24, 2.45) is 0 Å². The van der Waals surface area contributed by atoms with Crippen LogP contribution < -0.4 is 0 Å². The van der Waals surface area contributed by atoms with E-state index in [-0.39, 0.29) is 5.54 Å². The predicted molar refractivity (Wildman–Crippen MR) is 78.8 cm³/mol. The van der Waals surface area contributed by atoms with Crippen molar-refractivity contribution in [1.82, 2.24) is 4.57 Å². The number of aromatic nitrogens is 1. The van der Waals surface area contributed by atoms with E-state index in [2.05, 4.69) is 53.1 Å². The molecule has 1 aromatic carbocycles. The molecule has 1 heterocycles. The van der Waals surface area contributed by atoms with Crippen molar-refractivity contribution in [2.45, 2.75) is 37.6 Å². The smallest absolute Gasteiger partial charge is 0.105 e. The van der Waals surface area contributed by atoms with Crippen molar-refractivity contribution >= 4 is 0 Å². The quantitative estimate of drug-likeness (QED) is 0.668. The first-order valence-electron chi connectivity index (χ1n) is 7.11. The van der Waals surface area contributed by atoms with Crippen LogP contribution >= 0.6 is 0 Å². The molecular formula is C18H19N. The lowest BCUT2D eigenvalue weighted by Crippen LogP contribution is -2.33. The summed E-state index contributed by atoms with van der Waals surface area (Å²) in [5, 5.41) is 0. The van der Waals surface area contributed by atoms with Gasteiger partial charge in [-0.05, 0) is 37.1 Å². The second-order valence-electron chi connectivity index (χ2n) is 5.30. The average molecular weight is 249 g/mol. The third-order valence-electron chi connectivity index (χ3n) is 3.99. The second-order valence-corrected chi connectivity index (χ2v) is 5.30. The molecule has 0 atom stereocenters. The third kappa shape index (κ3) is 2.58. The van der Waals surface area contributed by atoms with E-state index in [1.807, 2.05) is 18.2 Å². The molecule has 1 fully saturated rings. The average Bonchev–Trinajstić information content (AvgIpc) is 3.02. The molecule has 0 unspecified atom stereocenters. The van der Waals surface area contributed by atoms with Crippen molar-refractivity contribution in [1.29, 1.82) is 0 Å². The Bertz CT molecular complexity index is 563. The summed E-state index contributed by atoms with van der Waals surface area (Å²) < 4.78 is 2.31. The molecule has 1 heteroatoms. The Morgan fingerprint density at radius 2 is 1.53 bits per heavy atom. The third-order valence-corrected chi connectivity index (χ3v) is 3.99. The van der Waals surface area contributed by atoms with Gasteiger partial charge in [-0.3, -0.25) is 0 Å². The minimum atomic E-state index is 0.0115. The molecule has 0 spiro atoms. The molecular weight excluding hydrogens is 230 g/mol. The Hall–Kier alpha value is -1.94. The maximum Gasteiger partial charge on any atom is 0.105 e. The molecule has 1 aliphatic carbocycles. The highest BCUT2D eigenvalue weighted by Gasteiger charge is 2.31. The summed E-state index contributed by atoms with van der Waals surface area (Å²) >= 11 is 0. The molecule has 0 saturated heterocycles. The van der Waals surface area contributed by atoms with Gasteiger partial charge in [-0.25, -0.2) is 0 Å². The predicted octanol–water partition coefficient (Wildman–Crippen LogP) is 4.20. The van der Waals surface area contributed by atoms with Gasteiger partial charge in [0.2, 0.25) is 0 Å². The van der Waals surface area contributed by atoms with Gasteiger partial charge in [-0.15, -0.1) is 0 Å². The van der Waals surface area contributed by atoms with Crippen LogP contribution in [0.3, 0.4) is 0 Å². The molecule has 0 aliphatic heterocycles. The number of hydrogen-bond donors (Lipinski definition) is 0. The zero-order valence-electron chi connectivity index (χ0n) is 11.2. The number of hydrogen-bond acceptors (Lipinski definition) is 0. The molecule has 1 nitrogen and oxygen atoms in total. The van der Waals surface area contributed by atoms with Crippen molar-refractivity contribution in [3.63, 3.8) is 0 Å². The molecule has 1 aliphatic rings. The standard InChI is InChI=1S/C18H19N/c1-3-9-17(10-4-1)11-14-18(12-5-2-6-13-18)19-15-7-8-16-19/h1,3-4,7-10,15-16H,2,5-6,12-13H2. The van der Waals surface area contributed by atoms with E-state index in [1.165, 1.54) is 32.1 Å². The monoisotopic (exact) mass is 249 g/mol. The second kappa shape index (κ2) is 5.36. The molecule has 1 saturated carbocycles. The van der Waals surface area contributed by atoms with Crippen molar-refractivity contribution in [3.8, 4) is 11.8 Å². The first-order valence-corrected chi connectivity index (χ1v) is 7.11. The zero-order valence-corrected chi connectivity index (χ0v) is 11.2. The van der Waals surface area contributed by atoms with Crippen molar-refractivity contribution in [2.75, 3.05) is 0 Å². The molecule has 0 radical (unpaired) electrons. The van der Waals surface area contributed by atoms with Gasteiger partial charge in [-0.1, -0.05) is 49.3 Å². The van der Waals surface area contributed by atoms with Crippen molar-refractivity contribution < 1.29 is 0 Å². The highest BCUT2D eigenvalue weighted by molar-refractivity contribution is 5.36. The minimum Gasteiger partial charge on any atom is -0.337 e. The summed E-state index contributed by atoms with van der Waals surface area (Å²) in [7, 11) is 0. The molecule has 1 aromatic heterocycles. The van der Waals surface area contributed by atoms with Crippen LogP contribution in [0.5, 0.6) is 0 Å². The first kappa shape index (κ1) is 12.1. The lowest BCUT2D eigenvalue weighted by molar-refractivity contribution is 0.270. The summed E-state index contributed by atoms with van der Waals surface area (Å²) in [5.74, 6) is 6.94. The van der Waals surface area contributed by atoms with E-state index in [0.717, 1.165) is 5.56 Å². The first-order chi connectivity index (χ1) is 9.39. The van der Waals surface area contributed by atoms with Gasteiger partial charge in [0, 0.05) is 18.0 Å². The number of rotatable bonds is 1. The van der Waals surface area contributed by atoms with Crippen LogP contribution in [0, 0.1) is 11.8 Å². The van der Waals surface area contributed by atoms with E-state index in [4.69, 9.17) is 0 Å². The van der Waals surface area contributed by atoms with Gasteiger partial charge in [0.15, 0.2) is 0 Å². The van der Waals surface area contributed by atoms with Crippen LogP contribution in [0.4, 0.5) is 0 Å². The van der Waals surface area contributed by atoms with E-state index >= 15 is 0 Å². The SMILES string of the molecule is C(#CC1(n2cccc2)CCCCC1)c1ccccc1. The Balaban J connectivity index is 1.95. The fourth-order valence-corrected chi connectivity index (χ4v) is 2.91. The van der Waals surface area contributed by atoms with Crippen LogP contribution in [0.2, 0.25) is 0 Å². The lowest BCUT2D eigenvalue weighted by atomic mass is 9.81. The topological polar surface area (TPSA) is 4.93 Å². The largest absolute Gasteiger partial charge is 0.337 e. The van der Waals surface area contributed by atoms with Crippen molar-refractivity contribution in [3.05, 3.63) is 60.4 Å².